The summed E-state index contributed by atoms with van der Waals surface area (Å²) in [6.07, 6.45) is 1.73. The molecule has 1 fully saturated rings. The number of anilines is 1. The fourth-order valence-corrected chi connectivity index (χ4v) is 5.05. The van der Waals surface area contributed by atoms with E-state index in [0.29, 0.717) is 5.02 Å². The number of amides is 1. The Bertz CT molecular complexity index is 1340. The van der Waals surface area contributed by atoms with Crippen LogP contribution in [0.1, 0.15) is 12.5 Å². The Morgan fingerprint density at radius 3 is 2.24 bits per heavy atom. The number of halogens is 1. The topological polar surface area (TPSA) is 61.6 Å². The Hall–Kier alpha value is -3.35. The van der Waals surface area contributed by atoms with Crippen LogP contribution in [0.4, 0.5) is 5.69 Å². The predicted molar refractivity (Wildman–Crippen MR) is 137 cm³/mol. The fraction of sp³-hybridized carbons (Fsp3) is 0.259. The summed E-state index contributed by atoms with van der Waals surface area (Å²) in [6.45, 7) is 4.79. The maximum Gasteiger partial charge on any atom is 0.219 e. The van der Waals surface area contributed by atoms with Gasteiger partial charge in [0, 0.05) is 63.0 Å². The van der Waals surface area contributed by atoms with Crippen LogP contribution in [0.15, 0.2) is 60.8 Å². The number of rotatable bonds is 4. The van der Waals surface area contributed by atoms with E-state index in [4.69, 9.17) is 11.6 Å². The molecular formula is C27H27ClN4O2. The van der Waals surface area contributed by atoms with Gasteiger partial charge in [0.1, 0.15) is 5.65 Å². The normalized spacial score (nSPS) is 14.1. The lowest BCUT2D eigenvalue weighted by atomic mass is 9.97. The molecule has 7 heteroatoms. The molecule has 2 aromatic carbocycles. The number of aryl methyl sites for hydroxylation is 1. The molecule has 1 aliphatic rings. The van der Waals surface area contributed by atoms with Gasteiger partial charge in [0.05, 0.1) is 17.3 Å². The molecule has 2 aromatic heterocycles. The van der Waals surface area contributed by atoms with Gasteiger partial charge < -0.3 is 19.5 Å². The van der Waals surface area contributed by atoms with Crippen LogP contribution in [0, 0.1) is 0 Å². The molecule has 0 saturated carbocycles. The van der Waals surface area contributed by atoms with E-state index in [1.54, 1.807) is 13.1 Å². The molecule has 0 radical (unpaired) electrons. The van der Waals surface area contributed by atoms with Crippen molar-refractivity contribution >= 4 is 34.2 Å². The van der Waals surface area contributed by atoms with Crippen molar-refractivity contribution in [2.45, 2.75) is 13.5 Å². The fourth-order valence-electron chi connectivity index (χ4n) is 4.81. The van der Waals surface area contributed by atoms with E-state index in [1.807, 2.05) is 42.3 Å². The molecule has 1 N–H and O–H groups in total. The van der Waals surface area contributed by atoms with Crippen LogP contribution in [-0.4, -0.2) is 51.6 Å². The summed E-state index contributed by atoms with van der Waals surface area (Å²) in [5.41, 5.74) is 7.01. The van der Waals surface area contributed by atoms with E-state index in [1.165, 1.54) is 0 Å². The lowest BCUT2D eigenvalue weighted by Gasteiger charge is -2.35. The quantitative estimate of drug-likeness (QED) is 0.465. The summed E-state index contributed by atoms with van der Waals surface area (Å²) in [4.78, 5) is 20.5. The molecule has 5 rings (SSSR count). The lowest BCUT2D eigenvalue weighted by Crippen LogP contribution is -2.48. The van der Waals surface area contributed by atoms with Crippen molar-refractivity contribution < 1.29 is 9.90 Å². The van der Waals surface area contributed by atoms with Gasteiger partial charge in [0.15, 0.2) is 0 Å². The Kier molecular flexibility index (Phi) is 6.02. The van der Waals surface area contributed by atoms with Gasteiger partial charge in [0.2, 0.25) is 5.91 Å². The first-order valence-electron chi connectivity index (χ1n) is 11.4. The first kappa shape index (κ1) is 22.4. The predicted octanol–water partition coefficient (Wildman–Crippen LogP) is 4.72. The summed E-state index contributed by atoms with van der Waals surface area (Å²) >= 11 is 6.68. The van der Waals surface area contributed by atoms with Crippen LogP contribution in [0.2, 0.25) is 5.02 Å². The maximum atomic E-state index is 11.6. The van der Waals surface area contributed by atoms with Crippen molar-refractivity contribution in [3.05, 3.63) is 71.4 Å². The number of nitrogens with zero attached hydrogens (tertiary/aromatic N) is 4. The summed E-state index contributed by atoms with van der Waals surface area (Å²) in [6, 6.07) is 18.3. The van der Waals surface area contributed by atoms with Gasteiger partial charge in [-0.1, -0.05) is 48.0 Å². The molecule has 34 heavy (non-hydrogen) atoms. The van der Waals surface area contributed by atoms with Gasteiger partial charge >= 0.3 is 0 Å². The molecule has 0 bridgehead atoms. The molecule has 174 valence electrons. The van der Waals surface area contributed by atoms with Crippen LogP contribution >= 0.6 is 11.6 Å². The van der Waals surface area contributed by atoms with Gasteiger partial charge in [-0.05, 0) is 34.9 Å². The summed E-state index contributed by atoms with van der Waals surface area (Å²) in [5, 5.41) is 11.0. The zero-order valence-electron chi connectivity index (χ0n) is 19.3. The Labute approximate surface area is 204 Å². The number of carbonyl (C=O) groups is 1. The van der Waals surface area contributed by atoms with Crippen LogP contribution in [0.5, 0.6) is 0 Å². The standard InChI is InChI=1S/C27H27ClN4O2/c1-18(34)31-13-15-32(16-14-31)22-9-7-21(8-10-22)26-24(20-5-3-19(17-33)4-6-20)25-23(28)11-12-29-27(25)30(26)2/h3-12,33H,13-17H2,1-2H3. The third-order valence-electron chi connectivity index (χ3n) is 6.68. The minimum Gasteiger partial charge on any atom is -0.392 e. The lowest BCUT2D eigenvalue weighted by molar-refractivity contribution is -0.129. The van der Waals surface area contributed by atoms with E-state index in [-0.39, 0.29) is 12.5 Å². The Morgan fingerprint density at radius 2 is 1.62 bits per heavy atom. The number of benzene rings is 2. The second kappa shape index (κ2) is 9.12. The molecule has 4 aromatic rings. The largest absolute Gasteiger partial charge is 0.392 e. The molecular weight excluding hydrogens is 448 g/mol. The average Bonchev–Trinajstić information content (AvgIpc) is 3.17. The number of aliphatic hydroxyl groups excluding tert-OH is 1. The molecule has 0 aliphatic carbocycles. The number of hydrogen-bond donors (Lipinski definition) is 1. The van der Waals surface area contributed by atoms with Crippen molar-refractivity contribution in [1.82, 2.24) is 14.5 Å². The van der Waals surface area contributed by atoms with Gasteiger partial charge in [-0.2, -0.15) is 0 Å². The molecule has 1 amide bonds. The second-order valence-electron chi connectivity index (χ2n) is 8.67. The molecule has 0 spiro atoms. The SMILES string of the molecule is CC(=O)N1CCN(c2ccc(-c3c(-c4ccc(CO)cc4)c4c(Cl)ccnc4n3C)cc2)CC1. The van der Waals surface area contributed by atoms with Gasteiger partial charge in [-0.3, -0.25) is 4.79 Å². The minimum atomic E-state index is 0.00707. The molecule has 1 saturated heterocycles. The third-order valence-corrected chi connectivity index (χ3v) is 6.99. The van der Waals surface area contributed by atoms with Gasteiger partial charge in [-0.15, -0.1) is 0 Å². The van der Waals surface area contributed by atoms with Crippen LogP contribution in [-0.2, 0) is 18.4 Å². The number of pyridine rings is 1. The Balaban J connectivity index is 1.56. The molecule has 0 atom stereocenters. The summed E-state index contributed by atoms with van der Waals surface area (Å²) < 4.78 is 2.09. The third kappa shape index (κ3) is 3.93. The van der Waals surface area contributed by atoms with E-state index in [0.717, 1.165) is 70.8 Å². The van der Waals surface area contributed by atoms with Crippen LogP contribution < -0.4 is 4.90 Å². The second-order valence-corrected chi connectivity index (χ2v) is 9.08. The summed E-state index contributed by atoms with van der Waals surface area (Å²) in [7, 11) is 2.02. The van der Waals surface area contributed by atoms with Crippen LogP contribution in [0.3, 0.4) is 0 Å². The van der Waals surface area contributed by atoms with Crippen molar-refractivity contribution in [3.63, 3.8) is 0 Å². The first-order valence-corrected chi connectivity index (χ1v) is 11.8. The Morgan fingerprint density at radius 1 is 0.971 bits per heavy atom. The molecule has 0 unspecified atom stereocenters. The minimum absolute atomic E-state index is 0.00707. The number of carbonyl (C=O) groups excluding carboxylic acids is 1. The number of aromatic nitrogens is 2. The van der Waals surface area contributed by atoms with E-state index < -0.39 is 0 Å². The van der Waals surface area contributed by atoms with Crippen molar-refractivity contribution in [2.24, 2.45) is 7.05 Å². The number of fused-ring (bicyclic) bond motifs is 1. The zero-order chi connectivity index (χ0) is 23.8. The van der Waals surface area contributed by atoms with Gasteiger partial charge in [-0.25, -0.2) is 4.98 Å². The van der Waals surface area contributed by atoms with Crippen molar-refractivity contribution in [2.75, 3.05) is 31.1 Å². The van der Waals surface area contributed by atoms with E-state index in [2.05, 4.69) is 38.7 Å². The number of hydrogen-bond acceptors (Lipinski definition) is 4. The highest BCUT2D eigenvalue weighted by Crippen LogP contribution is 2.42. The molecule has 6 nitrogen and oxygen atoms in total. The zero-order valence-corrected chi connectivity index (χ0v) is 20.1. The van der Waals surface area contributed by atoms with E-state index in [9.17, 15) is 9.90 Å². The van der Waals surface area contributed by atoms with Gasteiger partial charge in [0.25, 0.3) is 0 Å². The molecule has 3 heterocycles. The molecule has 1 aliphatic heterocycles. The summed E-state index contributed by atoms with van der Waals surface area (Å²) in [5.74, 6) is 0.137. The number of piperazine rings is 1. The first-order chi connectivity index (χ1) is 16.5. The average molecular weight is 475 g/mol. The highest BCUT2D eigenvalue weighted by atomic mass is 35.5. The van der Waals surface area contributed by atoms with Crippen molar-refractivity contribution in [1.29, 1.82) is 0 Å². The highest BCUT2D eigenvalue weighted by Gasteiger charge is 2.22. The van der Waals surface area contributed by atoms with Crippen molar-refractivity contribution in [3.8, 4) is 22.4 Å². The smallest absolute Gasteiger partial charge is 0.219 e. The number of aliphatic hydroxyl groups is 1. The van der Waals surface area contributed by atoms with E-state index >= 15 is 0 Å². The monoisotopic (exact) mass is 474 g/mol. The maximum absolute atomic E-state index is 11.6. The highest BCUT2D eigenvalue weighted by molar-refractivity contribution is 6.37. The van der Waals surface area contributed by atoms with Crippen LogP contribution in [0.25, 0.3) is 33.4 Å².